The van der Waals surface area contributed by atoms with Crippen molar-refractivity contribution in [1.29, 1.82) is 0 Å². The van der Waals surface area contributed by atoms with Gasteiger partial charge in [-0.05, 0) is 37.5 Å². The molecule has 1 N–H and O–H groups in total. The Kier molecular flexibility index (Phi) is 2.54. The van der Waals surface area contributed by atoms with Crippen molar-refractivity contribution >= 4 is 21.8 Å². The van der Waals surface area contributed by atoms with Crippen LogP contribution in [0, 0.1) is 17.8 Å². The van der Waals surface area contributed by atoms with Crippen molar-refractivity contribution in [1.82, 2.24) is 5.32 Å². The third-order valence-electron chi connectivity index (χ3n) is 4.47. The molecule has 0 aliphatic heterocycles. The molecule has 0 aromatic heterocycles. The summed E-state index contributed by atoms with van der Waals surface area (Å²) in [6, 6.07) is 0.402. The fraction of sp³-hybridized carbons (Fsp3) is 0.917. The van der Waals surface area contributed by atoms with Crippen LogP contribution in [0.25, 0.3) is 0 Å². The molecule has 0 saturated heterocycles. The van der Waals surface area contributed by atoms with E-state index in [4.69, 9.17) is 0 Å². The Labute approximate surface area is 99.3 Å². The molecule has 3 rings (SSSR count). The summed E-state index contributed by atoms with van der Waals surface area (Å²) in [4.78, 5) is 12.5. The Hall–Kier alpha value is -0.0500. The summed E-state index contributed by atoms with van der Waals surface area (Å²) in [6.45, 7) is 0. The van der Waals surface area contributed by atoms with Crippen LogP contribution in [-0.2, 0) is 4.79 Å². The molecular weight excluding hydrogens is 254 g/mol. The summed E-state index contributed by atoms with van der Waals surface area (Å²) < 4.78 is 0. The Balaban J connectivity index is 1.53. The number of rotatable bonds is 2. The molecule has 1 amide bonds. The highest BCUT2D eigenvalue weighted by Crippen LogP contribution is 2.57. The number of halogens is 1. The highest BCUT2D eigenvalue weighted by molar-refractivity contribution is 9.09. The number of nitrogens with one attached hydrogen (secondary N) is 1. The fourth-order valence-electron chi connectivity index (χ4n) is 3.57. The molecule has 0 radical (unpaired) electrons. The molecule has 4 atom stereocenters. The van der Waals surface area contributed by atoms with Gasteiger partial charge in [0.15, 0.2) is 0 Å². The lowest BCUT2D eigenvalue weighted by Crippen LogP contribution is -2.39. The molecule has 3 heteroatoms. The molecule has 3 aliphatic carbocycles. The van der Waals surface area contributed by atoms with Crippen LogP contribution in [0.5, 0.6) is 0 Å². The van der Waals surface area contributed by atoms with Crippen LogP contribution < -0.4 is 5.32 Å². The maximum atomic E-state index is 12.0. The lowest BCUT2D eigenvalue weighted by molar-refractivity contribution is -0.123. The van der Waals surface area contributed by atoms with Crippen molar-refractivity contribution in [2.75, 3.05) is 0 Å². The van der Waals surface area contributed by atoms with E-state index >= 15 is 0 Å². The summed E-state index contributed by atoms with van der Waals surface area (Å²) >= 11 is 3.65. The predicted octanol–water partition coefficient (Wildman–Crippen LogP) is 2.46. The number of hydrogen-bond acceptors (Lipinski definition) is 1. The maximum absolute atomic E-state index is 12.0. The van der Waals surface area contributed by atoms with Crippen LogP contribution in [0.3, 0.4) is 0 Å². The number of alkyl halides is 1. The van der Waals surface area contributed by atoms with E-state index in [1.165, 1.54) is 32.1 Å². The minimum absolute atomic E-state index is 0.348. The average Bonchev–Trinajstić information content (AvgIpc) is 2.60. The van der Waals surface area contributed by atoms with E-state index in [0.29, 0.717) is 22.7 Å². The van der Waals surface area contributed by atoms with Gasteiger partial charge in [-0.25, -0.2) is 0 Å². The largest absolute Gasteiger partial charge is 0.352 e. The van der Waals surface area contributed by atoms with E-state index in [1.54, 1.807) is 0 Å². The van der Waals surface area contributed by atoms with E-state index < -0.39 is 0 Å². The minimum atomic E-state index is 0.348. The third-order valence-corrected chi connectivity index (χ3v) is 5.56. The molecule has 3 fully saturated rings. The van der Waals surface area contributed by atoms with Crippen molar-refractivity contribution in [3.8, 4) is 0 Å². The molecule has 15 heavy (non-hydrogen) atoms. The summed E-state index contributed by atoms with van der Waals surface area (Å²) in [5.74, 6) is 2.24. The van der Waals surface area contributed by atoms with Gasteiger partial charge in [0.1, 0.15) is 0 Å². The van der Waals surface area contributed by atoms with Gasteiger partial charge in [-0.1, -0.05) is 28.8 Å². The number of carbonyl (C=O) groups is 1. The van der Waals surface area contributed by atoms with Gasteiger partial charge >= 0.3 is 0 Å². The van der Waals surface area contributed by atoms with Crippen LogP contribution in [0.4, 0.5) is 0 Å². The first kappa shape index (κ1) is 10.1. The molecule has 2 nitrogen and oxygen atoms in total. The Bertz CT molecular complexity index is 271. The first-order valence-corrected chi connectivity index (χ1v) is 7.13. The van der Waals surface area contributed by atoms with E-state index in [1.807, 2.05) is 0 Å². The lowest BCUT2D eigenvalue weighted by Gasteiger charge is -2.16. The molecule has 3 saturated carbocycles. The second-order valence-electron chi connectivity index (χ2n) is 5.35. The zero-order valence-corrected chi connectivity index (χ0v) is 10.5. The SMILES string of the molecule is O=C(NC1CCCC1Br)C1C2CCCC21. The van der Waals surface area contributed by atoms with Crippen LogP contribution >= 0.6 is 15.9 Å². The van der Waals surface area contributed by atoms with Gasteiger partial charge in [0.05, 0.1) is 0 Å². The Morgan fingerprint density at radius 3 is 2.33 bits per heavy atom. The second-order valence-corrected chi connectivity index (χ2v) is 6.52. The molecule has 0 aromatic rings. The predicted molar refractivity (Wildman–Crippen MR) is 62.8 cm³/mol. The maximum Gasteiger partial charge on any atom is 0.223 e. The molecule has 3 aliphatic rings. The Morgan fingerprint density at radius 1 is 1.07 bits per heavy atom. The van der Waals surface area contributed by atoms with E-state index in [9.17, 15) is 4.79 Å². The van der Waals surface area contributed by atoms with Gasteiger partial charge in [-0.3, -0.25) is 4.79 Å². The van der Waals surface area contributed by atoms with Crippen molar-refractivity contribution in [3.05, 3.63) is 0 Å². The number of fused-ring (bicyclic) bond motifs is 1. The first-order valence-electron chi connectivity index (χ1n) is 6.22. The third kappa shape index (κ3) is 1.73. The van der Waals surface area contributed by atoms with Crippen molar-refractivity contribution in [2.45, 2.75) is 49.4 Å². The van der Waals surface area contributed by atoms with E-state index in [-0.39, 0.29) is 0 Å². The molecule has 4 unspecified atom stereocenters. The van der Waals surface area contributed by atoms with Gasteiger partial charge in [-0.15, -0.1) is 0 Å². The van der Waals surface area contributed by atoms with Gasteiger partial charge in [0, 0.05) is 16.8 Å². The molecule has 0 aromatic carbocycles. The monoisotopic (exact) mass is 271 g/mol. The highest BCUT2D eigenvalue weighted by Gasteiger charge is 2.56. The Morgan fingerprint density at radius 2 is 1.73 bits per heavy atom. The summed E-state index contributed by atoms with van der Waals surface area (Å²) in [6.07, 6.45) is 7.56. The summed E-state index contributed by atoms with van der Waals surface area (Å²) in [5.41, 5.74) is 0. The highest BCUT2D eigenvalue weighted by atomic mass is 79.9. The fourth-order valence-corrected chi connectivity index (χ4v) is 4.29. The number of carbonyl (C=O) groups excluding carboxylic acids is 1. The second kappa shape index (κ2) is 3.76. The normalized spacial score (nSPS) is 47.7. The summed E-state index contributed by atoms with van der Waals surface area (Å²) in [7, 11) is 0. The zero-order valence-electron chi connectivity index (χ0n) is 8.92. The topological polar surface area (TPSA) is 29.1 Å². The molecule has 0 bridgehead atoms. The lowest BCUT2D eigenvalue weighted by atomic mass is 10.1. The minimum Gasteiger partial charge on any atom is -0.352 e. The summed E-state index contributed by atoms with van der Waals surface area (Å²) in [5, 5.41) is 3.23. The van der Waals surface area contributed by atoms with Gasteiger partial charge < -0.3 is 5.32 Å². The molecule has 0 spiro atoms. The van der Waals surface area contributed by atoms with Gasteiger partial charge in [0.2, 0.25) is 5.91 Å². The zero-order chi connectivity index (χ0) is 10.4. The van der Waals surface area contributed by atoms with Gasteiger partial charge in [-0.2, -0.15) is 0 Å². The van der Waals surface area contributed by atoms with Crippen LogP contribution in [0.2, 0.25) is 0 Å². The quantitative estimate of drug-likeness (QED) is 0.769. The molecular formula is C12H18BrNO. The molecule has 0 heterocycles. The number of amides is 1. The van der Waals surface area contributed by atoms with Gasteiger partial charge in [0.25, 0.3) is 0 Å². The van der Waals surface area contributed by atoms with E-state index in [2.05, 4.69) is 21.2 Å². The smallest absolute Gasteiger partial charge is 0.223 e. The van der Waals surface area contributed by atoms with E-state index in [0.717, 1.165) is 18.3 Å². The number of hydrogen-bond donors (Lipinski definition) is 1. The van der Waals surface area contributed by atoms with Crippen LogP contribution in [0.15, 0.2) is 0 Å². The molecule has 84 valence electrons. The average molecular weight is 272 g/mol. The first-order chi connectivity index (χ1) is 7.27. The van der Waals surface area contributed by atoms with Crippen LogP contribution in [0.1, 0.15) is 38.5 Å². The van der Waals surface area contributed by atoms with Crippen LogP contribution in [-0.4, -0.2) is 16.8 Å². The van der Waals surface area contributed by atoms with Crippen molar-refractivity contribution < 1.29 is 4.79 Å². The van der Waals surface area contributed by atoms with Crippen molar-refractivity contribution in [2.24, 2.45) is 17.8 Å². The van der Waals surface area contributed by atoms with Crippen molar-refractivity contribution in [3.63, 3.8) is 0 Å². The standard InChI is InChI=1S/C12H18BrNO/c13-9-5-2-6-10(9)14-12(15)11-7-3-1-4-8(7)11/h7-11H,1-6H2,(H,14,15).